The standard InChI is InChI=1S/C12H12N6O/c1-7-4-10(8(2)3-9(7)13)19-12-6-14-5-11-15-16-17-18(11)12/h3-6H,13H2,1-2H3. The fourth-order valence-corrected chi connectivity index (χ4v) is 1.76. The quantitative estimate of drug-likeness (QED) is 0.699. The molecule has 7 heteroatoms. The molecule has 1 aromatic carbocycles. The van der Waals surface area contributed by atoms with Crippen LogP contribution in [0.4, 0.5) is 5.69 Å². The molecule has 0 saturated carbocycles. The molecule has 7 nitrogen and oxygen atoms in total. The lowest BCUT2D eigenvalue weighted by Gasteiger charge is -2.11. The predicted molar refractivity (Wildman–Crippen MR) is 69.0 cm³/mol. The van der Waals surface area contributed by atoms with Gasteiger partial charge < -0.3 is 10.5 Å². The van der Waals surface area contributed by atoms with Gasteiger partial charge >= 0.3 is 0 Å². The summed E-state index contributed by atoms with van der Waals surface area (Å²) in [5.74, 6) is 1.16. The molecule has 3 aromatic rings. The van der Waals surface area contributed by atoms with Gasteiger partial charge in [-0.3, -0.25) is 4.98 Å². The molecule has 2 aromatic heterocycles. The molecule has 96 valence electrons. The predicted octanol–water partition coefficient (Wildman–Crippen LogP) is 1.51. The van der Waals surface area contributed by atoms with E-state index in [0.29, 0.717) is 17.3 Å². The normalized spacial score (nSPS) is 10.8. The summed E-state index contributed by atoms with van der Waals surface area (Å²) in [6.45, 7) is 3.86. The maximum Gasteiger partial charge on any atom is 0.242 e. The van der Waals surface area contributed by atoms with E-state index in [-0.39, 0.29) is 0 Å². The third-order valence-electron chi connectivity index (χ3n) is 2.86. The van der Waals surface area contributed by atoms with E-state index in [4.69, 9.17) is 10.5 Å². The largest absolute Gasteiger partial charge is 0.437 e. The van der Waals surface area contributed by atoms with Crippen molar-refractivity contribution in [3.63, 3.8) is 0 Å². The summed E-state index contributed by atoms with van der Waals surface area (Å²) in [6, 6.07) is 3.76. The third kappa shape index (κ3) is 1.95. The molecule has 0 aliphatic carbocycles. The van der Waals surface area contributed by atoms with Crippen LogP contribution < -0.4 is 10.5 Å². The summed E-state index contributed by atoms with van der Waals surface area (Å²) in [5.41, 5.74) is 9.01. The number of rotatable bonds is 2. The van der Waals surface area contributed by atoms with Crippen molar-refractivity contribution in [2.75, 3.05) is 5.73 Å². The van der Waals surface area contributed by atoms with Crippen LogP contribution in [0.5, 0.6) is 11.6 Å². The number of nitrogens with two attached hydrogens (primary N) is 1. The van der Waals surface area contributed by atoms with Crippen LogP contribution in [0.15, 0.2) is 24.5 Å². The summed E-state index contributed by atoms with van der Waals surface area (Å²) in [6.07, 6.45) is 3.13. The van der Waals surface area contributed by atoms with Crippen LogP contribution in [0.3, 0.4) is 0 Å². The average Bonchev–Trinajstić information content (AvgIpc) is 2.85. The number of fused-ring (bicyclic) bond motifs is 1. The van der Waals surface area contributed by atoms with Crippen molar-refractivity contribution >= 4 is 11.3 Å². The van der Waals surface area contributed by atoms with E-state index >= 15 is 0 Å². The summed E-state index contributed by atoms with van der Waals surface area (Å²) < 4.78 is 7.30. The van der Waals surface area contributed by atoms with Gasteiger partial charge in [0.25, 0.3) is 0 Å². The molecule has 0 atom stereocenters. The number of tetrazole rings is 1. The van der Waals surface area contributed by atoms with Crippen molar-refractivity contribution in [1.82, 2.24) is 25.0 Å². The van der Waals surface area contributed by atoms with E-state index in [9.17, 15) is 0 Å². The van der Waals surface area contributed by atoms with Gasteiger partial charge in [-0.2, -0.15) is 4.52 Å². The summed E-state index contributed by atoms with van der Waals surface area (Å²) in [4.78, 5) is 4.04. The van der Waals surface area contributed by atoms with Crippen LogP contribution in [0.1, 0.15) is 11.1 Å². The molecule has 0 amide bonds. The number of benzene rings is 1. The van der Waals surface area contributed by atoms with E-state index in [0.717, 1.165) is 16.8 Å². The second-order valence-corrected chi connectivity index (χ2v) is 4.27. The van der Waals surface area contributed by atoms with Gasteiger partial charge in [0.15, 0.2) is 0 Å². The van der Waals surface area contributed by atoms with Gasteiger partial charge in [0.1, 0.15) is 5.75 Å². The highest BCUT2D eigenvalue weighted by molar-refractivity contribution is 5.54. The van der Waals surface area contributed by atoms with Gasteiger partial charge in [0, 0.05) is 5.69 Å². The van der Waals surface area contributed by atoms with Crippen molar-refractivity contribution in [2.45, 2.75) is 13.8 Å². The SMILES string of the molecule is Cc1cc(Oc2cncc3nnnn23)c(C)cc1N. The minimum atomic E-state index is 0.453. The van der Waals surface area contributed by atoms with Crippen molar-refractivity contribution in [3.05, 3.63) is 35.7 Å². The first-order valence-corrected chi connectivity index (χ1v) is 5.72. The summed E-state index contributed by atoms with van der Waals surface area (Å²) in [7, 11) is 0. The van der Waals surface area contributed by atoms with E-state index in [1.165, 1.54) is 4.52 Å². The Bertz CT molecular complexity index is 751. The molecule has 0 fully saturated rings. The molecule has 2 N–H and O–H groups in total. The van der Waals surface area contributed by atoms with Crippen molar-refractivity contribution in [1.29, 1.82) is 0 Å². The van der Waals surface area contributed by atoms with E-state index in [1.54, 1.807) is 12.4 Å². The Balaban J connectivity index is 2.06. The van der Waals surface area contributed by atoms with Gasteiger partial charge in [-0.05, 0) is 47.5 Å². The second-order valence-electron chi connectivity index (χ2n) is 4.27. The first-order chi connectivity index (χ1) is 9.15. The lowest BCUT2D eigenvalue weighted by atomic mass is 10.1. The number of ether oxygens (including phenoxy) is 1. The van der Waals surface area contributed by atoms with Crippen molar-refractivity contribution < 1.29 is 4.74 Å². The molecular formula is C12H12N6O. The van der Waals surface area contributed by atoms with Crippen LogP contribution in [-0.2, 0) is 0 Å². The fraction of sp³-hybridized carbons (Fsp3) is 0.167. The Morgan fingerprint density at radius 2 is 2.00 bits per heavy atom. The molecule has 0 saturated heterocycles. The molecule has 0 bridgehead atoms. The first-order valence-electron chi connectivity index (χ1n) is 5.72. The van der Waals surface area contributed by atoms with Crippen LogP contribution in [0.2, 0.25) is 0 Å². The van der Waals surface area contributed by atoms with Crippen LogP contribution in [0, 0.1) is 13.8 Å². The van der Waals surface area contributed by atoms with Crippen molar-refractivity contribution in [3.8, 4) is 11.6 Å². The monoisotopic (exact) mass is 256 g/mol. The minimum absolute atomic E-state index is 0.453. The van der Waals surface area contributed by atoms with E-state index in [2.05, 4.69) is 20.5 Å². The van der Waals surface area contributed by atoms with Crippen molar-refractivity contribution in [2.24, 2.45) is 0 Å². The molecule has 0 aliphatic rings. The number of hydrogen-bond acceptors (Lipinski definition) is 6. The Kier molecular flexibility index (Phi) is 2.52. The number of anilines is 1. The number of aryl methyl sites for hydroxylation is 2. The molecule has 0 radical (unpaired) electrons. The number of aromatic nitrogens is 5. The van der Waals surface area contributed by atoms with Crippen LogP contribution in [0.25, 0.3) is 5.65 Å². The molecule has 0 unspecified atom stereocenters. The van der Waals surface area contributed by atoms with Gasteiger partial charge in [0.05, 0.1) is 12.4 Å². The zero-order valence-electron chi connectivity index (χ0n) is 10.5. The van der Waals surface area contributed by atoms with Crippen LogP contribution in [-0.4, -0.2) is 25.0 Å². The van der Waals surface area contributed by atoms with Gasteiger partial charge in [0.2, 0.25) is 11.5 Å². The summed E-state index contributed by atoms with van der Waals surface area (Å²) >= 11 is 0. The number of hydrogen-bond donors (Lipinski definition) is 1. The molecule has 0 spiro atoms. The maximum absolute atomic E-state index is 5.85. The smallest absolute Gasteiger partial charge is 0.242 e. The first kappa shape index (κ1) is 11.4. The Morgan fingerprint density at radius 1 is 1.16 bits per heavy atom. The molecule has 0 aliphatic heterocycles. The van der Waals surface area contributed by atoms with Crippen LogP contribution >= 0.6 is 0 Å². The number of nitrogens with zero attached hydrogens (tertiary/aromatic N) is 5. The highest BCUT2D eigenvalue weighted by Crippen LogP contribution is 2.28. The minimum Gasteiger partial charge on any atom is -0.437 e. The number of nitrogen functional groups attached to an aromatic ring is 1. The zero-order chi connectivity index (χ0) is 13.4. The fourth-order valence-electron chi connectivity index (χ4n) is 1.76. The molecule has 2 heterocycles. The lowest BCUT2D eigenvalue weighted by molar-refractivity contribution is 0.439. The average molecular weight is 256 g/mol. The van der Waals surface area contributed by atoms with E-state index in [1.807, 2.05) is 26.0 Å². The Hall–Kier alpha value is -2.70. The maximum atomic E-state index is 5.85. The lowest BCUT2D eigenvalue weighted by Crippen LogP contribution is -1.99. The molecule has 3 rings (SSSR count). The topological polar surface area (TPSA) is 91.2 Å². The summed E-state index contributed by atoms with van der Waals surface area (Å²) in [5, 5.41) is 11.2. The zero-order valence-corrected chi connectivity index (χ0v) is 10.5. The molecular weight excluding hydrogens is 244 g/mol. The Labute approximate surface area is 109 Å². The second kappa shape index (κ2) is 4.20. The highest BCUT2D eigenvalue weighted by Gasteiger charge is 2.09. The molecule has 19 heavy (non-hydrogen) atoms. The van der Waals surface area contributed by atoms with Gasteiger partial charge in [-0.1, -0.05) is 0 Å². The van der Waals surface area contributed by atoms with Gasteiger partial charge in [-0.15, -0.1) is 5.10 Å². The van der Waals surface area contributed by atoms with E-state index < -0.39 is 0 Å². The highest BCUT2D eigenvalue weighted by atomic mass is 16.5. The Morgan fingerprint density at radius 3 is 2.84 bits per heavy atom. The third-order valence-corrected chi connectivity index (χ3v) is 2.86. The van der Waals surface area contributed by atoms with Gasteiger partial charge in [-0.25, -0.2) is 0 Å².